The monoisotopic (exact) mass is 454 g/mol. The van der Waals surface area contributed by atoms with Crippen LogP contribution in [0, 0.1) is 6.92 Å². The molecule has 0 spiro atoms. The molecule has 0 saturated heterocycles. The van der Waals surface area contributed by atoms with Gasteiger partial charge in [0.25, 0.3) is 0 Å². The second kappa shape index (κ2) is 9.58. The number of ether oxygens (including phenoxy) is 2. The molecule has 1 saturated carbocycles. The van der Waals surface area contributed by atoms with E-state index in [1.165, 1.54) is 7.11 Å². The first-order valence-electron chi connectivity index (χ1n) is 10.5. The van der Waals surface area contributed by atoms with E-state index in [0.29, 0.717) is 18.7 Å². The molecule has 0 unspecified atom stereocenters. The van der Waals surface area contributed by atoms with Gasteiger partial charge in [0.05, 0.1) is 17.6 Å². The van der Waals surface area contributed by atoms with Crippen LogP contribution < -0.4 is 4.72 Å². The lowest BCUT2D eigenvalue weighted by Gasteiger charge is -2.23. The van der Waals surface area contributed by atoms with Crippen LogP contribution in [0.1, 0.15) is 64.3 Å². The van der Waals surface area contributed by atoms with E-state index in [-0.39, 0.29) is 12.9 Å². The maximum Gasteiger partial charge on any atom is 0.240 e. The maximum absolute atomic E-state index is 13.2. The van der Waals surface area contributed by atoms with Gasteiger partial charge in [-0.25, -0.2) is 8.42 Å². The van der Waals surface area contributed by atoms with Crippen molar-refractivity contribution in [2.45, 2.75) is 69.8 Å². The smallest absolute Gasteiger partial charge is 0.240 e. The molecule has 0 amide bonds. The number of rotatable bonds is 12. The first kappa shape index (κ1) is 23.6. The van der Waals surface area contributed by atoms with E-state index in [0.717, 1.165) is 37.2 Å². The van der Waals surface area contributed by atoms with Crippen LogP contribution >= 0.6 is 0 Å². The summed E-state index contributed by atoms with van der Waals surface area (Å²) in [4.78, 5) is 8.49. The third-order valence-electron chi connectivity index (χ3n) is 5.74. The van der Waals surface area contributed by atoms with Gasteiger partial charge in [-0.1, -0.05) is 0 Å². The number of hydrogen-bond donors (Lipinski definition) is 1. The van der Waals surface area contributed by atoms with E-state index < -0.39 is 21.4 Å². The van der Waals surface area contributed by atoms with Crippen molar-refractivity contribution in [1.82, 2.24) is 24.7 Å². The number of methoxy groups -OCH3 is 2. The van der Waals surface area contributed by atoms with Crippen LogP contribution in [0.25, 0.3) is 0 Å². The summed E-state index contributed by atoms with van der Waals surface area (Å²) in [6, 6.07) is 0. The SMILES string of the molecule is COCCCCc1nnc(NS(=O)(=O)[C@@H](C)[C@H](OC)c2cnc(C)cn2)n1C1(C)CC1.[HH]. The molecule has 1 aliphatic carbocycles. The van der Waals surface area contributed by atoms with Crippen molar-refractivity contribution in [3.63, 3.8) is 0 Å². The van der Waals surface area contributed by atoms with E-state index in [1.807, 2.05) is 11.5 Å². The summed E-state index contributed by atoms with van der Waals surface area (Å²) in [5.74, 6) is 1.03. The van der Waals surface area contributed by atoms with Crippen LogP contribution in [0.2, 0.25) is 0 Å². The number of anilines is 1. The molecule has 0 aromatic carbocycles. The van der Waals surface area contributed by atoms with Gasteiger partial charge in [-0.15, -0.1) is 10.2 Å². The summed E-state index contributed by atoms with van der Waals surface area (Å²) >= 11 is 0. The van der Waals surface area contributed by atoms with Crippen molar-refractivity contribution >= 4 is 16.0 Å². The number of hydrogen-bond acceptors (Lipinski definition) is 8. The van der Waals surface area contributed by atoms with Crippen LogP contribution in [0.5, 0.6) is 0 Å². The van der Waals surface area contributed by atoms with E-state index in [9.17, 15) is 8.42 Å². The zero-order chi connectivity index (χ0) is 22.6. The molecule has 2 heterocycles. The fourth-order valence-corrected chi connectivity index (χ4v) is 4.68. The molecule has 1 N–H and O–H groups in total. The standard InChI is InChI=1S/C20H32N6O4S.H2/c1-14-12-22-16(13-21-14)18(30-5)15(2)31(27,28)25-19-24-23-17(8-6-7-11-29-4)26(19)20(3)9-10-20;/h12-13,15,18H,6-11H2,1-5H3,(H,24,25);1H/t15-,18-;/m0./s1. The molecule has 2 aromatic heterocycles. The van der Waals surface area contributed by atoms with Gasteiger partial charge in [0, 0.05) is 40.4 Å². The maximum atomic E-state index is 13.2. The van der Waals surface area contributed by atoms with Crippen molar-refractivity contribution < 1.29 is 19.3 Å². The second-order valence-corrected chi connectivity index (χ2v) is 10.4. The summed E-state index contributed by atoms with van der Waals surface area (Å²) in [6.45, 7) is 6.18. The Bertz CT molecular complexity index is 978. The quantitative estimate of drug-likeness (QED) is 0.486. The van der Waals surface area contributed by atoms with E-state index >= 15 is 0 Å². The number of nitrogens with zero attached hydrogens (tertiary/aromatic N) is 5. The lowest BCUT2D eigenvalue weighted by molar-refractivity contribution is 0.0985. The Morgan fingerprint density at radius 2 is 1.97 bits per heavy atom. The van der Waals surface area contributed by atoms with Gasteiger partial charge in [0.15, 0.2) is 0 Å². The van der Waals surface area contributed by atoms with Crippen LogP contribution in [0.15, 0.2) is 12.4 Å². The summed E-state index contributed by atoms with van der Waals surface area (Å²) in [7, 11) is -0.700. The highest BCUT2D eigenvalue weighted by molar-refractivity contribution is 7.93. The van der Waals surface area contributed by atoms with Gasteiger partial charge < -0.3 is 9.47 Å². The fourth-order valence-electron chi connectivity index (χ4n) is 3.53. The number of nitrogens with one attached hydrogen (secondary N) is 1. The van der Waals surface area contributed by atoms with Crippen molar-refractivity contribution in [1.29, 1.82) is 0 Å². The van der Waals surface area contributed by atoms with E-state index in [4.69, 9.17) is 9.47 Å². The molecular formula is C20H34N6O4S. The van der Waals surface area contributed by atoms with Gasteiger partial charge in [0.1, 0.15) is 17.2 Å². The minimum absolute atomic E-state index is 0. The summed E-state index contributed by atoms with van der Waals surface area (Å²) < 4.78 is 41.6. The predicted molar refractivity (Wildman–Crippen MR) is 118 cm³/mol. The van der Waals surface area contributed by atoms with Gasteiger partial charge in [0.2, 0.25) is 16.0 Å². The highest BCUT2D eigenvalue weighted by atomic mass is 32.2. The third kappa shape index (κ3) is 5.39. The lowest BCUT2D eigenvalue weighted by atomic mass is 10.2. The largest absolute Gasteiger partial charge is 0.385 e. The average molecular weight is 455 g/mol. The Balaban J connectivity index is 0.00000363. The topological polar surface area (TPSA) is 121 Å². The van der Waals surface area contributed by atoms with Crippen LogP contribution in [0.3, 0.4) is 0 Å². The second-order valence-electron chi connectivity index (χ2n) is 8.31. The number of sulfonamides is 1. The van der Waals surface area contributed by atoms with Gasteiger partial charge in [-0.3, -0.25) is 19.3 Å². The number of unbranched alkanes of at least 4 members (excludes halogenated alkanes) is 1. The predicted octanol–water partition coefficient (Wildman–Crippen LogP) is 2.62. The third-order valence-corrected chi connectivity index (χ3v) is 7.43. The summed E-state index contributed by atoms with van der Waals surface area (Å²) in [5, 5.41) is 7.55. The van der Waals surface area contributed by atoms with E-state index in [1.54, 1.807) is 26.4 Å². The van der Waals surface area contributed by atoms with Gasteiger partial charge in [-0.05, 0) is 46.5 Å². The highest BCUT2D eigenvalue weighted by Crippen LogP contribution is 2.45. The molecular weight excluding hydrogens is 420 g/mol. The molecule has 1 aliphatic rings. The minimum Gasteiger partial charge on any atom is -0.385 e. The zero-order valence-electron chi connectivity index (χ0n) is 18.8. The Hall–Kier alpha value is -2.11. The Labute approximate surface area is 185 Å². The Morgan fingerprint density at radius 3 is 2.55 bits per heavy atom. The molecule has 0 bridgehead atoms. The zero-order valence-corrected chi connectivity index (χ0v) is 19.6. The molecule has 31 heavy (non-hydrogen) atoms. The number of aryl methyl sites for hydroxylation is 2. The average Bonchev–Trinajstić information content (AvgIpc) is 3.35. The van der Waals surface area contributed by atoms with Crippen molar-refractivity contribution in [3.05, 3.63) is 29.6 Å². The van der Waals surface area contributed by atoms with Gasteiger partial charge >= 0.3 is 0 Å². The summed E-state index contributed by atoms with van der Waals surface area (Å²) in [5.41, 5.74) is 1.04. The Kier molecular flexibility index (Phi) is 7.28. The summed E-state index contributed by atoms with van der Waals surface area (Å²) in [6.07, 6.45) is 6.79. The molecule has 174 valence electrons. The Morgan fingerprint density at radius 1 is 1.23 bits per heavy atom. The van der Waals surface area contributed by atoms with Crippen LogP contribution in [0.4, 0.5) is 5.95 Å². The van der Waals surface area contributed by atoms with Crippen molar-refractivity contribution in [2.75, 3.05) is 25.5 Å². The van der Waals surface area contributed by atoms with E-state index in [2.05, 4.69) is 31.8 Å². The lowest BCUT2D eigenvalue weighted by Crippen LogP contribution is -2.34. The first-order chi connectivity index (χ1) is 14.7. The molecule has 0 radical (unpaired) electrons. The van der Waals surface area contributed by atoms with Crippen molar-refractivity contribution in [2.24, 2.45) is 0 Å². The van der Waals surface area contributed by atoms with Gasteiger partial charge in [-0.2, -0.15) is 0 Å². The molecule has 11 heteroatoms. The highest BCUT2D eigenvalue weighted by Gasteiger charge is 2.44. The molecule has 2 aromatic rings. The molecule has 0 aliphatic heterocycles. The molecule has 1 fully saturated rings. The molecule has 10 nitrogen and oxygen atoms in total. The first-order valence-corrected chi connectivity index (χ1v) is 12.0. The molecule has 3 rings (SSSR count). The minimum atomic E-state index is -3.84. The fraction of sp³-hybridized carbons (Fsp3) is 0.700. The van der Waals surface area contributed by atoms with Crippen molar-refractivity contribution in [3.8, 4) is 0 Å². The normalized spacial score (nSPS) is 17.3. The number of aromatic nitrogens is 5. The van der Waals surface area contributed by atoms with Crippen LogP contribution in [-0.2, 0) is 31.5 Å². The molecule has 2 atom stereocenters. The van der Waals surface area contributed by atoms with Crippen LogP contribution in [-0.4, -0.2) is 59.2 Å².